The Morgan fingerprint density at radius 2 is 2.29 bits per heavy atom. The van der Waals surface area contributed by atoms with Gasteiger partial charge < -0.3 is 21.0 Å². The van der Waals surface area contributed by atoms with E-state index in [-0.39, 0.29) is 22.2 Å². The van der Waals surface area contributed by atoms with Gasteiger partial charge in [-0.05, 0) is 29.2 Å². The number of aromatic nitrogens is 2. The lowest BCUT2D eigenvalue weighted by Crippen LogP contribution is -2.71. The van der Waals surface area contributed by atoms with Crippen molar-refractivity contribution in [2.75, 3.05) is 18.6 Å². The largest absolute Gasteiger partial charge is 0.477 e. The average Bonchev–Trinajstić information content (AvgIpc) is 3.26. The number of nitrogen functional groups attached to an aromatic ring is 1. The van der Waals surface area contributed by atoms with Gasteiger partial charge in [-0.1, -0.05) is 16.9 Å². The van der Waals surface area contributed by atoms with Gasteiger partial charge in [-0.15, -0.1) is 23.1 Å². The summed E-state index contributed by atoms with van der Waals surface area (Å²) in [5.74, 6) is -2.06. The molecule has 2 atom stereocenters. The fourth-order valence-electron chi connectivity index (χ4n) is 3.28. The Balaban J connectivity index is 1.49. The van der Waals surface area contributed by atoms with Gasteiger partial charge in [0.1, 0.15) is 29.9 Å². The van der Waals surface area contributed by atoms with Crippen LogP contribution in [-0.2, 0) is 19.2 Å². The van der Waals surface area contributed by atoms with Crippen molar-refractivity contribution in [1.29, 1.82) is 0 Å². The average molecular weight is 519 g/mol. The molecule has 1 fully saturated rings. The zero-order valence-electron chi connectivity index (χ0n) is 17.6. The van der Waals surface area contributed by atoms with Crippen molar-refractivity contribution in [3.8, 4) is 0 Å². The number of oxime groups is 1. The second-order valence-corrected chi connectivity index (χ2v) is 9.82. The summed E-state index contributed by atoms with van der Waals surface area (Å²) in [5, 5.41) is 19.1. The molecule has 4 heterocycles. The SMILES string of the molecule is CO/N=C(/C(=O)NC1C(=O)N2C(C(=O)O)=C(/C=C/Sc3cccnc3)CS[C@H]12)c1csc(N)n1. The molecule has 1 saturated heterocycles. The van der Waals surface area contributed by atoms with Gasteiger partial charge in [0.05, 0.1) is 0 Å². The third kappa shape index (κ3) is 4.78. The Morgan fingerprint density at radius 3 is 2.94 bits per heavy atom. The summed E-state index contributed by atoms with van der Waals surface area (Å²) in [6.07, 6.45) is 5.04. The number of hydrogen-bond acceptors (Lipinski definition) is 11. The minimum atomic E-state index is -1.21. The Kier molecular flexibility index (Phi) is 7.19. The summed E-state index contributed by atoms with van der Waals surface area (Å²) in [6.45, 7) is 0. The molecular weight excluding hydrogens is 500 g/mol. The number of rotatable bonds is 8. The van der Waals surface area contributed by atoms with Crippen LogP contribution in [0.3, 0.4) is 0 Å². The number of nitrogens with one attached hydrogen (secondary N) is 1. The van der Waals surface area contributed by atoms with Crippen LogP contribution in [0, 0.1) is 0 Å². The standard InChI is InChI=1S/C20H18N6O5S3/c1-31-25-13(12-9-34-20(21)23-12)16(27)24-14-17(28)26-15(19(29)30)10(8-33-18(14)26)4-6-32-11-3-2-5-22-7-11/h2-7,9,14,18H,8H2,1H3,(H2,21,23)(H,24,27)(H,29,30)/b6-4+,25-13+/t14?,18-/m1/s1. The lowest BCUT2D eigenvalue weighted by atomic mass is 10.0. The first-order valence-corrected chi connectivity index (χ1v) is 12.5. The highest BCUT2D eigenvalue weighted by Crippen LogP contribution is 2.41. The van der Waals surface area contributed by atoms with E-state index in [0.29, 0.717) is 11.3 Å². The Labute approximate surface area is 206 Å². The van der Waals surface area contributed by atoms with Crippen LogP contribution in [0.5, 0.6) is 0 Å². The maximum Gasteiger partial charge on any atom is 0.352 e. The summed E-state index contributed by atoms with van der Waals surface area (Å²) in [4.78, 5) is 52.5. The highest BCUT2D eigenvalue weighted by Gasteiger charge is 2.54. The molecule has 2 aromatic heterocycles. The number of anilines is 1. The molecule has 0 radical (unpaired) electrons. The summed E-state index contributed by atoms with van der Waals surface area (Å²) in [7, 11) is 1.28. The number of thioether (sulfide) groups is 2. The molecule has 0 aromatic carbocycles. The number of carbonyl (C=O) groups excluding carboxylic acids is 2. The molecule has 0 bridgehead atoms. The maximum absolute atomic E-state index is 12.9. The van der Waals surface area contributed by atoms with Crippen LogP contribution in [-0.4, -0.2) is 67.7 Å². The van der Waals surface area contributed by atoms with Crippen molar-refractivity contribution in [1.82, 2.24) is 20.2 Å². The van der Waals surface area contributed by atoms with Crippen LogP contribution in [0.15, 0.2) is 62.7 Å². The molecule has 0 aliphatic carbocycles. The predicted octanol–water partition coefficient (Wildman–Crippen LogP) is 1.52. The van der Waals surface area contributed by atoms with Gasteiger partial charge in [0.15, 0.2) is 10.8 Å². The number of nitrogens with zero attached hydrogens (tertiary/aromatic N) is 4. The van der Waals surface area contributed by atoms with E-state index in [2.05, 4.69) is 20.4 Å². The number of pyridine rings is 1. The van der Waals surface area contributed by atoms with Gasteiger partial charge in [0, 0.05) is 28.4 Å². The molecule has 176 valence electrons. The van der Waals surface area contributed by atoms with Gasteiger partial charge in [-0.2, -0.15) is 0 Å². The smallest absolute Gasteiger partial charge is 0.352 e. The minimum Gasteiger partial charge on any atom is -0.477 e. The zero-order valence-corrected chi connectivity index (χ0v) is 20.0. The van der Waals surface area contributed by atoms with Crippen molar-refractivity contribution >= 4 is 63.5 Å². The number of allylic oxidation sites excluding steroid dienone is 1. The van der Waals surface area contributed by atoms with Crippen molar-refractivity contribution in [3.63, 3.8) is 0 Å². The Hall–Kier alpha value is -3.36. The molecule has 0 spiro atoms. The molecule has 14 heteroatoms. The van der Waals surface area contributed by atoms with E-state index in [1.165, 1.54) is 35.5 Å². The number of amides is 2. The van der Waals surface area contributed by atoms with Gasteiger partial charge >= 0.3 is 5.97 Å². The van der Waals surface area contributed by atoms with E-state index in [1.807, 2.05) is 6.07 Å². The summed E-state index contributed by atoms with van der Waals surface area (Å²) in [6, 6.07) is 2.77. The topological polar surface area (TPSA) is 160 Å². The number of hydrogen-bond donors (Lipinski definition) is 3. The fraction of sp³-hybridized carbons (Fsp3) is 0.200. The number of β-lactam (4-membered cyclic amide) rings is 1. The van der Waals surface area contributed by atoms with Crippen LogP contribution in [0.1, 0.15) is 5.69 Å². The second-order valence-electron chi connectivity index (χ2n) is 6.84. The zero-order chi connectivity index (χ0) is 24.2. The quantitative estimate of drug-likeness (QED) is 0.202. The van der Waals surface area contributed by atoms with Crippen LogP contribution < -0.4 is 11.1 Å². The first kappa shape index (κ1) is 23.8. The van der Waals surface area contributed by atoms with Crippen molar-refractivity contribution in [2.45, 2.75) is 16.3 Å². The highest BCUT2D eigenvalue weighted by molar-refractivity contribution is 8.02. The van der Waals surface area contributed by atoms with Gasteiger partial charge in [-0.3, -0.25) is 19.5 Å². The normalized spacial score (nSPS) is 20.2. The molecule has 11 nitrogen and oxygen atoms in total. The number of thiazole rings is 1. The molecule has 0 saturated carbocycles. The lowest BCUT2D eigenvalue weighted by Gasteiger charge is -2.49. The van der Waals surface area contributed by atoms with E-state index < -0.39 is 29.2 Å². The van der Waals surface area contributed by atoms with Gasteiger partial charge in [-0.25, -0.2) is 9.78 Å². The molecular formula is C20H18N6O5S3. The first-order valence-electron chi connectivity index (χ1n) is 9.68. The van der Waals surface area contributed by atoms with Gasteiger partial charge in [0.2, 0.25) is 0 Å². The number of fused-ring (bicyclic) bond motifs is 1. The number of carbonyl (C=O) groups is 3. The van der Waals surface area contributed by atoms with Crippen LogP contribution in [0.25, 0.3) is 0 Å². The molecule has 2 amide bonds. The molecule has 4 N–H and O–H groups in total. The second kappa shape index (κ2) is 10.3. The third-order valence-electron chi connectivity index (χ3n) is 4.76. The van der Waals surface area contributed by atoms with Crippen molar-refractivity contribution in [3.05, 3.63) is 58.4 Å². The number of carboxylic acids is 1. The third-order valence-corrected chi connectivity index (χ3v) is 7.52. The van der Waals surface area contributed by atoms with E-state index in [0.717, 1.165) is 16.2 Å². The van der Waals surface area contributed by atoms with Crippen molar-refractivity contribution < 1.29 is 24.3 Å². The molecule has 2 aliphatic heterocycles. The minimum absolute atomic E-state index is 0.0969. The number of carboxylic acid groups (broad SMARTS) is 1. The van der Waals surface area contributed by atoms with Crippen LogP contribution >= 0.6 is 34.9 Å². The van der Waals surface area contributed by atoms with Crippen LogP contribution in [0.2, 0.25) is 0 Å². The Bertz CT molecular complexity index is 1210. The molecule has 2 aromatic rings. The predicted molar refractivity (Wildman–Crippen MR) is 129 cm³/mol. The lowest BCUT2D eigenvalue weighted by molar-refractivity contribution is -0.150. The summed E-state index contributed by atoms with van der Waals surface area (Å²) in [5.41, 5.74) is 6.12. The molecule has 2 aliphatic rings. The van der Waals surface area contributed by atoms with E-state index in [9.17, 15) is 19.5 Å². The van der Waals surface area contributed by atoms with Crippen molar-refractivity contribution in [2.24, 2.45) is 5.16 Å². The van der Waals surface area contributed by atoms with E-state index >= 15 is 0 Å². The van der Waals surface area contributed by atoms with Crippen LogP contribution in [0.4, 0.5) is 5.13 Å². The van der Waals surface area contributed by atoms with E-state index in [1.54, 1.807) is 35.3 Å². The van der Waals surface area contributed by atoms with Gasteiger partial charge in [0.25, 0.3) is 11.8 Å². The summed E-state index contributed by atoms with van der Waals surface area (Å²) < 4.78 is 0. The monoisotopic (exact) mass is 518 g/mol. The number of aliphatic carboxylic acids is 1. The van der Waals surface area contributed by atoms with E-state index in [4.69, 9.17) is 10.6 Å². The number of nitrogens with two attached hydrogens (primary N) is 1. The molecule has 1 unspecified atom stereocenters. The fourth-order valence-corrected chi connectivity index (χ4v) is 5.82. The summed E-state index contributed by atoms with van der Waals surface area (Å²) >= 11 is 3.88. The Morgan fingerprint density at radius 1 is 1.47 bits per heavy atom. The maximum atomic E-state index is 12.9. The molecule has 34 heavy (non-hydrogen) atoms. The molecule has 4 rings (SSSR count). The highest BCUT2D eigenvalue weighted by atomic mass is 32.2. The first-order chi connectivity index (χ1) is 16.4.